The highest BCUT2D eigenvalue weighted by Crippen LogP contribution is 2.32. The van der Waals surface area contributed by atoms with Gasteiger partial charge in [-0.1, -0.05) is 23.2 Å². The maximum atomic E-state index is 12.0. The summed E-state index contributed by atoms with van der Waals surface area (Å²) in [5, 5.41) is 8.48. The molecule has 5 nitrogen and oxygen atoms in total. The number of sulfonamides is 1. The molecule has 1 fully saturated rings. The number of benzene rings is 1. The average Bonchev–Trinajstić information content (AvgIpc) is 2.99. The van der Waals surface area contributed by atoms with Gasteiger partial charge in [-0.2, -0.15) is 0 Å². The maximum absolute atomic E-state index is 12.0. The fraction of sp³-hybridized carbons (Fsp3) is 0.300. The van der Waals surface area contributed by atoms with Gasteiger partial charge in [0, 0.05) is 6.04 Å². The summed E-state index contributed by atoms with van der Waals surface area (Å²) >= 11 is 11.5. The Bertz CT molecular complexity index is 611. The zero-order valence-electron chi connectivity index (χ0n) is 8.98. The normalized spacial score (nSPS) is 15.7. The molecule has 1 aromatic rings. The molecule has 1 saturated carbocycles. The predicted octanol–water partition coefficient (Wildman–Crippen LogP) is 2.13. The third-order valence-corrected chi connectivity index (χ3v) is 4.84. The van der Waals surface area contributed by atoms with Crippen molar-refractivity contribution in [3.63, 3.8) is 0 Å². The van der Waals surface area contributed by atoms with Crippen LogP contribution in [-0.2, 0) is 10.0 Å². The Labute approximate surface area is 114 Å². The number of hydrogen-bond donors (Lipinski definition) is 2. The Balaban J connectivity index is 2.51. The van der Waals surface area contributed by atoms with Crippen molar-refractivity contribution in [3.05, 3.63) is 27.7 Å². The van der Waals surface area contributed by atoms with Crippen LogP contribution in [0, 0.1) is 0 Å². The van der Waals surface area contributed by atoms with Crippen LogP contribution in [0.2, 0.25) is 10.0 Å². The lowest BCUT2D eigenvalue weighted by Gasteiger charge is -2.10. The van der Waals surface area contributed by atoms with Crippen LogP contribution < -0.4 is 4.72 Å². The van der Waals surface area contributed by atoms with Crippen LogP contribution in [0.15, 0.2) is 17.0 Å². The number of hydrogen-bond acceptors (Lipinski definition) is 3. The summed E-state index contributed by atoms with van der Waals surface area (Å²) in [7, 11) is -3.80. The quantitative estimate of drug-likeness (QED) is 0.892. The van der Waals surface area contributed by atoms with Crippen molar-refractivity contribution in [1.29, 1.82) is 0 Å². The molecule has 18 heavy (non-hydrogen) atoms. The second-order valence-electron chi connectivity index (χ2n) is 3.94. The summed E-state index contributed by atoms with van der Waals surface area (Å²) in [6, 6.07) is 2.32. The Kier molecular flexibility index (Phi) is 3.55. The molecule has 0 atom stereocenters. The van der Waals surface area contributed by atoms with Crippen LogP contribution in [-0.4, -0.2) is 25.5 Å². The highest BCUT2D eigenvalue weighted by molar-refractivity contribution is 7.89. The highest BCUT2D eigenvalue weighted by Gasteiger charge is 2.31. The van der Waals surface area contributed by atoms with E-state index in [1.165, 1.54) is 12.1 Å². The first-order valence-corrected chi connectivity index (χ1v) is 7.30. The summed E-state index contributed by atoms with van der Waals surface area (Å²) in [6.07, 6.45) is 1.55. The number of halogens is 2. The molecular formula is C10H9Cl2NO4S. The molecule has 1 aromatic carbocycles. The van der Waals surface area contributed by atoms with Gasteiger partial charge in [0.25, 0.3) is 0 Å². The first-order chi connectivity index (χ1) is 8.33. The molecule has 0 aliphatic heterocycles. The van der Waals surface area contributed by atoms with Crippen LogP contribution in [0.5, 0.6) is 0 Å². The SMILES string of the molecule is O=C(O)c1c(Cl)ccc(S(=O)(=O)NC2CC2)c1Cl. The molecule has 0 heterocycles. The molecule has 0 unspecified atom stereocenters. The van der Waals surface area contributed by atoms with Crippen LogP contribution >= 0.6 is 23.2 Å². The second kappa shape index (κ2) is 4.70. The standard InChI is InChI=1S/C10H9Cl2NO4S/c11-6-3-4-7(9(12)8(6)10(14)15)18(16,17)13-5-1-2-5/h3-5,13H,1-2H2,(H,14,15). The van der Waals surface area contributed by atoms with Crippen molar-refractivity contribution in [2.45, 2.75) is 23.8 Å². The van der Waals surface area contributed by atoms with Crippen molar-refractivity contribution < 1.29 is 18.3 Å². The first-order valence-electron chi connectivity index (χ1n) is 5.06. The summed E-state index contributed by atoms with van der Waals surface area (Å²) in [5.41, 5.74) is -0.406. The number of aromatic carboxylic acids is 1. The molecule has 1 aliphatic rings. The fourth-order valence-electron chi connectivity index (χ4n) is 1.42. The van der Waals surface area contributed by atoms with Crippen molar-refractivity contribution in [1.82, 2.24) is 4.72 Å². The zero-order chi connectivity index (χ0) is 13.5. The zero-order valence-corrected chi connectivity index (χ0v) is 11.3. The average molecular weight is 310 g/mol. The first kappa shape index (κ1) is 13.6. The molecular weight excluding hydrogens is 301 g/mol. The molecule has 8 heteroatoms. The van der Waals surface area contributed by atoms with E-state index in [9.17, 15) is 13.2 Å². The number of carboxylic acid groups (broad SMARTS) is 1. The second-order valence-corrected chi connectivity index (χ2v) is 6.40. The van der Waals surface area contributed by atoms with E-state index in [0.29, 0.717) is 0 Å². The van der Waals surface area contributed by atoms with Gasteiger partial charge in [0.05, 0.1) is 15.6 Å². The van der Waals surface area contributed by atoms with Gasteiger partial charge in [-0.15, -0.1) is 0 Å². The lowest BCUT2D eigenvalue weighted by Crippen LogP contribution is -2.26. The molecule has 0 aromatic heterocycles. The minimum absolute atomic E-state index is 0.0879. The van der Waals surface area contributed by atoms with E-state index in [1.807, 2.05) is 0 Å². The van der Waals surface area contributed by atoms with Gasteiger partial charge in [0.2, 0.25) is 10.0 Å². The van der Waals surface area contributed by atoms with Crippen molar-refractivity contribution in [2.24, 2.45) is 0 Å². The predicted molar refractivity (Wildman–Crippen MR) is 66.8 cm³/mol. The number of carboxylic acids is 1. The smallest absolute Gasteiger partial charge is 0.338 e. The lowest BCUT2D eigenvalue weighted by atomic mass is 10.2. The van der Waals surface area contributed by atoms with E-state index in [1.54, 1.807) is 0 Å². The van der Waals surface area contributed by atoms with Gasteiger partial charge in [0.1, 0.15) is 4.90 Å². The van der Waals surface area contributed by atoms with E-state index in [0.717, 1.165) is 12.8 Å². The van der Waals surface area contributed by atoms with Crippen molar-refractivity contribution in [2.75, 3.05) is 0 Å². The molecule has 0 saturated heterocycles. The molecule has 0 bridgehead atoms. The number of nitrogens with one attached hydrogen (secondary N) is 1. The minimum Gasteiger partial charge on any atom is -0.478 e. The van der Waals surface area contributed by atoms with E-state index in [2.05, 4.69) is 4.72 Å². The van der Waals surface area contributed by atoms with Gasteiger partial charge in [-0.3, -0.25) is 0 Å². The van der Waals surface area contributed by atoms with Gasteiger partial charge in [-0.05, 0) is 25.0 Å². The molecule has 2 N–H and O–H groups in total. The Morgan fingerprint density at radius 2 is 1.94 bits per heavy atom. The van der Waals surface area contributed by atoms with Crippen LogP contribution in [0.25, 0.3) is 0 Å². The van der Waals surface area contributed by atoms with Crippen LogP contribution in [0.4, 0.5) is 0 Å². The molecule has 0 amide bonds. The van der Waals surface area contributed by atoms with Gasteiger partial charge in [0.15, 0.2) is 0 Å². The summed E-state index contributed by atoms with van der Waals surface area (Å²) in [6.45, 7) is 0. The van der Waals surface area contributed by atoms with E-state index in [-0.39, 0.29) is 21.0 Å². The van der Waals surface area contributed by atoms with Gasteiger partial charge >= 0.3 is 5.97 Å². The van der Waals surface area contributed by atoms with E-state index >= 15 is 0 Å². The molecule has 98 valence electrons. The Morgan fingerprint density at radius 3 is 2.44 bits per heavy atom. The Morgan fingerprint density at radius 1 is 1.33 bits per heavy atom. The Hall–Kier alpha value is -0.820. The molecule has 0 spiro atoms. The summed E-state index contributed by atoms with van der Waals surface area (Å²) in [4.78, 5) is 10.7. The monoisotopic (exact) mass is 309 g/mol. The van der Waals surface area contributed by atoms with Crippen molar-refractivity contribution in [3.8, 4) is 0 Å². The molecule has 2 rings (SSSR count). The lowest BCUT2D eigenvalue weighted by molar-refractivity contribution is 0.0697. The summed E-state index contributed by atoms with van der Waals surface area (Å²) in [5.74, 6) is -1.37. The van der Waals surface area contributed by atoms with Gasteiger partial charge in [-0.25, -0.2) is 17.9 Å². The minimum atomic E-state index is -3.80. The van der Waals surface area contributed by atoms with Crippen LogP contribution in [0.1, 0.15) is 23.2 Å². The molecule has 0 radical (unpaired) electrons. The number of rotatable bonds is 4. The van der Waals surface area contributed by atoms with E-state index < -0.39 is 21.6 Å². The van der Waals surface area contributed by atoms with Gasteiger partial charge < -0.3 is 5.11 Å². The highest BCUT2D eigenvalue weighted by atomic mass is 35.5. The third kappa shape index (κ3) is 2.61. The maximum Gasteiger partial charge on any atom is 0.338 e. The van der Waals surface area contributed by atoms with Crippen molar-refractivity contribution >= 4 is 39.2 Å². The summed E-state index contributed by atoms with van der Waals surface area (Å²) < 4.78 is 26.3. The van der Waals surface area contributed by atoms with Crippen LogP contribution in [0.3, 0.4) is 0 Å². The molecule has 1 aliphatic carbocycles. The largest absolute Gasteiger partial charge is 0.478 e. The van der Waals surface area contributed by atoms with E-state index in [4.69, 9.17) is 28.3 Å². The fourth-order valence-corrected chi connectivity index (χ4v) is 3.64. The number of carbonyl (C=O) groups is 1. The topological polar surface area (TPSA) is 83.5 Å². The third-order valence-electron chi connectivity index (χ3n) is 2.46.